The molecule has 0 bridgehead atoms. The summed E-state index contributed by atoms with van der Waals surface area (Å²) < 4.78 is 11.9. The summed E-state index contributed by atoms with van der Waals surface area (Å²) >= 11 is 0. The number of benzene rings is 3. The normalized spacial score (nSPS) is 10.5. The van der Waals surface area contributed by atoms with Crippen molar-refractivity contribution in [1.29, 1.82) is 0 Å². The number of para-hydroxylation sites is 1. The zero-order valence-corrected chi connectivity index (χ0v) is 18.2. The zero-order valence-electron chi connectivity index (χ0n) is 18.2. The highest BCUT2D eigenvalue weighted by atomic mass is 16.5. The van der Waals surface area contributed by atoms with Gasteiger partial charge in [0.15, 0.2) is 11.5 Å². The number of rotatable bonds is 10. The van der Waals surface area contributed by atoms with E-state index >= 15 is 0 Å². The number of aryl methyl sites for hydroxylation is 2. The minimum absolute atomic E-state index is 0.502. The van der Waals surface area contributed by atoms with Gasteiger partial charge < -0.3 is 14.8 Å². The molecule has 0 saturated carbocycles. The van der Waals surface area contributed by atoms with Crippen molar-refractivity contribution < 1.29 is 9.47 Å². The van der Waals surface area contributed by atoms with Gasteiger partial charge in [-0.05, 0) is 54.7 Å². The van der Waals surface area contributed by atoms with Gasteiger partial charge in [-0.3, -0.25) is 0 Å². The van der Waals surface area contributed by atoms with E-state index in [4.69, 9.17) is 9.47 Å². The Labute approximate surface area is 180 Å². The molecule has 0 radical (unpaired) electrons. The Bertz CT molecular complexity index is 977. The number of ether oxygens (including phenoxy) is 2. The molecule has 3 aromatic rings. The second-order valence-electron chi connectivity index (χ2n) is 7.42. The molecular formula is C27H31NO2. The van der Waals surface area contributed by atoms with Crippen LogP contribution < -0.4 is 14.8 Å². The molecule has 1 N–H and O–H groups in total. The zero-order chi connectivity index (χ0) is 21.3. The van der Waals surface area contributed by atoms with E-state index in [1.165, 1.54) is 16.8 Å². The molecule has 0 spiro atoms. The van der Waals surface area contributed by atoms with Gasteiger partial charge in [0.1, 0.15) is 6.61 Å². The number of methoxy groups -OCH3 is 1. The van der Waals surface area contributed by atoms with Crippen LogP contribution in [0.5, 0.6) is 11.5 Å². The van der Waals surface area contributed by atoms with Crippen LogP contribution in [0.3, 0.4) is 0 Å². The SMILES string of the molecule is C=CCc1cc(CNc2ccccc2CC)cc(OC)c1OCc1ccc(C)cc1. The molecule has 30 heavy (non-hydrogen) atoms. The Balaban J connectivity index is 1.81. The highest BCUT2D eigenvalue weighted by Gasteiger charge is 2.13. The molecule has 3 nitrogen and oxygen atoms in total. The predicted molar refractivity (Wildman–Crippen MR) is 126 cm³/mol. The summed E-state index contributed by atoms with van der Waals surface area (Å²) in [6.45, 7) is 9.39. The van der Waals surface area contributed by atoms with Crippen molar-refractivity contribution in [1.82, 2.24) is 0 Å². The monoisotopic (exact) mass is 401 g/mol. The number of hydrogen-bond donors (Lipinski definition) is 1. The van der Waals surface area contributed by atoms with E-state index in [1.54, 1.807) is 7.11 Å². The third-order valence-electron chi connectivity index (χ3n) is 5.16. The van der Waals surface area contributed by atoms with Gasteiger partial charge >= 0.3 is 0 Å². The van der Waals surface area contributed by atoms with E-state index in [0.717, 1.165) is 47.6 Å². The fraction of sp³-hybridized carbons (Fsp3) is 0.259. The molecule has 0 amide bonds. The number of anilines is 1. The maximum absolute atomic E-state index is 6.20. The Morgan fingerprint density at radius 3 is 2.43 bits per heavy atom. The Hall–Kier alpha value is -3.20. The summed E-state index contributed by atoms with van der Waals surface area (Å²) in [5.41, 5.74) is 7.09. The average Bonchev–Trinajstić information content (AvgIpc) is 2.78. The van der Waals surface area contributed by atoms with Crippen molar-refractivity contribution in [2.24, 2.45) is 0 Å². The predicted octanol–water partition coefficient (Wildman–Crippen LogP) is 6.49. The van der Waals surface area contributed by atoms with E-state index in [-0.39, 0.29) is 0 Å². The van der Waals surface area contributed by atoms with Crippen LogP contribution >= 0.6 is 0 Å². The largest absolute Gasteiger partial charge is 0.493 e. The van der Waals surface area contributed by atoms with Crippen LogP contribution in [-0.4, -0.2) is 7.11 Å². The molecule has 3 heteroatoms. The average molecular weight is 402 g/mol. The topological polar surface area (TPSA) is 30.5 Å². The third kappa shape index (κ3) is 5.44. The quantitative estimate of drug-likeness (QED) is 0.394. The van der Waals surface area contributed by atoms with Crippen LogP contribution in [0.25, 0.3) is 0 Å². The molecule has 3 aromatic carbocycles. The lowest BCUT2D eigenvalue weighted by atomic mass is 10.0. The number of nitrogens with one attached hydrogen (secondary N) is 1. The first kappa shape index (κ1) is 21.5. The first-order chi connectivity index (χ1) is 14.6. The maximum atomic E-state index is 6.20. The summed E-state index contributed by atoms with van der Waals surface area (Å²) in [6.07, 6.45) is 3.62. The van der Waals surface area contributed by atoms with Gasteiger partial charge in [0.25, 0.3) is 0 Å². The van der Waals surface area contributed by atoms with Crippen LogP contribution in [0, 0.1) is 6.92 Å². The molecule has 0 fully saturated rings. The van der Waals surface area contributed by atoms with E-state index in [9.17, 15) is 0 Å². The van der Waals surface area contributed by atoms with Crippen molar-refractivity contribution in [3.05, 3.63) is 101 Å². The van der Waals surface area contributed by atoms with Gasteiger partial charge in [-0.25, -0.2) is 0 Å². The maximum Gasteiger partial charge on any atom is 0.165 e. The van der Waals surface area contributed by atoms with Gasteiger partial charge in [0.2, 0.25) is 0 Å². The third-order valence-corrected chi connectivity index (χ3v) is 5.16. The van der Waals surface area contributed by atoms with Crippen molar-refractivity contribution in [3.63, 3.8) is 0 Å². The molecule has 0 atom stereocenters. The molecule has 0 aliphatic carbocycles. The Kier molecular flexibility index (Phi) is 7.56. The van der Waals surface area contributed by atoms with Crippen LogP contribution in [0.2, 0.25) is 0 Å². The highest BCUT2D eigenvalue weighted by Crippen LogP contribution is 2.34. The van der Waals surface area contributed by atoms with Gasteiger partial charge in [-0.2, -0.15) is 0 Å². The summed E-state index contributed by atoms with van der Waals surface area (Å²) in [5, 5.41) is 3.56. The summed E-state index contributed by atoms with van der Waals surface area (Å²) in [5.74, 6) is 1.54. The molecule has 0 saturated heterocycles. The van der Waals surface area contributed by atoms with Crippen molar-refractivity contribution >= 4 is 5.69 Å². The van der Waals surface area contributed by atoms with E-state index in [1.807, 2.05) is 6.08 Å². The van der Waals surface area contributed by atoms with Crippen molar-refractivity contribution in [3.8, 4) is 11.5 Å². The minimum Gasteiger partial charge on any atom is -0.493 e. The second-order valence-corrected chi connectivity index (χ2v) is 7.42. The van der Waals surface area contributed by atoms with E-state index in [0.29, 0.717) is 6.61 Å². The number of allylic oxidation sites excluding steroid dienone is 1. The summed E-state index contributed by atoms with van der Waals surface area (Å²) in [6, 6.07) is 21.1. The van der Waals surface area contributed by atoms with Crippen LogP contribution in [0.15, 0.2) is 73.3 Å². The first-order valence-electron chi connectivity index (χ1n) is 10.4. The summed E-state index contributed by atoms with van der Waals surface area (Å²) in [7, 11) is 1.69. The van der Waals surface area contributed by atoms with Crippen LogP contribution in [0.1, 0.15) is 34.7 Å². The standard InChI is InChI=1S/C27H31NO2/c1-5-9-24-16-22(18-28-25-11-8-7-10-23(25)6-2)17-26(29-4)27(24)30-19-21-14-12-20(3)13-15-21/h5,7-8,10-17,28H,1,6,9,18-19H2,2-4H3. The molecule has 0 aromatic heterocycles. The minimum atomic E-state index is 0.502. The molecule has 0 aliphatic rings. The van der Waals surface area contributed by atoms with E-state index in [2.05, 4.69) is 86.4 Å². The van der Waals surface area contributed by atoms with Crippen molar-refractivity contribution in [2.45, 2.75) is 39.8 Å². The number of hydrogen-bond acceptors (Lipinski definition) is 3. The molecule has 0 unspecified atom stereocenters. The van der Waals surface area contributed by atoms with Gasteiger partial charge in [-0.1, -0.05) is 61.0 Å². The molecule has 3 rings (SSSR count). The lowest BCUT2D eigenvalue weighted by molar-refractivity contribution is 0.281. The molecule has 156 valence electrons. The van der Waals surface area contributed by atoms with Gasteiger partial charge in [-0.15, -0.1) is 6.58 Å². The first-order valence-corrected chi connectivity index (χ1v) is 10.4. The Morgan fingerprint density at radius 2 is 1.73 bits per heavy atom. The lowest BCUT2D eigenvalue weighted by Crippen LogP contribution is -2.06. The summed E-state index contributed by atoms with van der Waals surface area (Å²) in [4.78, 5) is 0. The van der Waals surface area contributed by atoms with Crippen LogP contribution in [0.4, 0.5) is 5.69 Å². The smallest absolute Gasteiger partial charge is 0.165 e. The molecule has 0 aliphatic heterocycles. The Morgan fingerprint density at radius 1 is 0.967 bits per heavy atom. The van der Waals surface area contributed by atoms with E-state index < -0.39 is 0 Å². The fourth-order valence-electron chi connectivity index (χ4n) is 3.49. The fourth-order valence-corrected chi connectivity index (χ4v) is 3.49. The van der Waals surface area contributed by atoms with Gasteiger partial charge in [0.05, 0.1) is 7.11 Å². The molecular weight excluding hydrogens is 370 g/mol. The van der Waals surface area contributed by atoms with Gasteiger partial charge in [0, 0.05) is 17.8 Å². The highest BCUT2D eigenvalue weighted by molar-refractivity contribution is 5.54. The van der Waals surface area contributed by atoms with Crippen molar-refractivity contribution in [2.75, 3.05) is 12.4 Å². The second kappa shape index (κ2) is 10.5. The van der Waals surface area contributed by atoms with Crippen LogP contribution in [-0.2, 0) is 26.0 Å². The lowest BCUT2D eigenvalue weighted by Gasteiger charge is -2.18. The molecule has 0 heterocycles.